The Labute approximate surface area is 61.0 Å². The van der Waals surface area contributed by atoms with Crippen LogP contribution in [-0.2, 0) is 0 Å². The van der Waals surface area contributed by atoms with Gasteiger partial charge in [0.25, 0.3) is 0 Å². The van der Waals surface area contributed by atoms with Crippen LogP contribution in [0.3, 0.4) is 0 Å². The van der Waals surface area contributed by atoms with Crippen molar-refractivity contribution in [3.05, 3.63) is 0 Å². The van der Waals surface area contributed by atoms with E-state index < -0.39 is 0 Å². The van der Waals surface area contributed by atoms with Crippen LogP contribution in [0.4, 0.5) is 0 Å². The van der Waals surface area contributed by atoms with Crippen molar-refractivity contribution in [1.82, 2.24) is 0 Å². The molecule has 0 aromatic rings. The van der Waals surface area contributed by atoms with E-state index in [2.05, 4.69) is 9.98 Å². The van der Waals surface area contributed by atoms with Crippen LogP contribution in [0.1, 0.15) is 0 Å². The van der Waals surface area contributed by atoms with Crippen molar-refractivity contribution in [1.29, 1.82) is 0 Å². The first kappa shape index (κ1) is 9.26. The van der Waals surface area contributed by atoms with Crippen molar-refractivity contribution in [2.24, 2.45) is 21.5 Å². The second-order valence-electron chi connectivity index (χ2n) is 1.65. The van der Waals surface area contributed by atoms with E-state index >= 15 is 0 Å². The zero-order valence-corrected chi connectivity index (χ0v) is 6.03. The fourth-order valence-electron chi connectivity index (χ4n) is 0.447. The van der Waals surface area contributed by atoms with Crippen molar-refractivity contribution in [2.45, 2.75) is 0 Å². The fraction of sp³-hybridized carbons (Fsp3) is 0.667. The van der Waals surface area contributed by atoms with Crippen LogP contribution in [-0.4, -0.2) is 38.6 Å². The highest BCUT2D eigenvalue weighted by atomic mass is 14.8. The average Bonchev–Trinajstić information content (AvgIpc) is 1.97. The molecule has 0 aliphatic heterocycles. The lowest BCUT2D eigenvalue weighted by Crippen LogP contribution is -2.02. The quantitative estimate of drug-likeness (QED) is 0.383. The summed E-state index contributed by atoms with van der Waals surface area (Å²) in [6.07, 6.45) is 3.36. The van der Waals surface area contributed by atoms with Crippen LogP contribution in [0.15, 0.2) is 9.98 Å². The van der Waals surface area contributed by atoms with Crippen LogP contribution >= 0.6 is 0 Å². The molecule has 0 rings (SSSR count). The summed E-state index contributed by atoms with van der Waals surface area (Å²) in [5.74, 6) is 0. The molecule has 58 valence electrons. The van der Waals surface area contributed by atoms with Crippen LogP contribution in [0, 0.1) is 0 Å². The van der Waals surface area contributed by atoms with Crippen LogP contribution in [0.5, 0.6) is 0 Å². The number of aliphatic imine (C=N–C) groups is 2. The third-order valence-corrected chi connectivity index (χ3v) is 0.827. The van der Waals surface area contributed by atoms with Crippen LogP contribution in [0.2, 0.25) is 0 Å². The average molecular weight is 142 g/mol. The molecule has 0 unspecified atom stereocenters. The van der Waals surface area contributed by atoms with E-state index in [0.717, 1.165) is 0 Å². The normalized spacial score (nSPS) is 11.8. The van der Waals surface area contributed by atoms with Gasteiger partial charge in [-0.3, -0.25) is 9.98 Å². The molecule has 0 fully saturated rings. The molecule has 4 nitrogen and oxygen atoms in total. The molecule has 0 heterocycles. The Morgan fingerprint density at radius 3 is 1.60 bits per heavy atom. The predicted octanol–water partition coefficient (Wildman–Crippen LogP) is -0.955. The highest BCUT2D eigenvalue weighted by Crippen LogP contribution is 1.69. The summed E-state index contributed by atoms with van der Waals surface area (Å²) in [6.45, 7) is 2.41. The smallest absolute Gasteiger partial charge is 0.0581 e. The monoisotopic (exact) mass is 142 g/mol. The summed E-state index contributed by atoms with van der Waals surface area (Å²) in [4.78, 5) is 7.91. The molecule has 0 saturated heterocycles. The van der Waals surface area contributed by atoms with Gasteiger partial charge in [-0.1, -0.05) is 0 Å². The van der Waals surface area contributed by atoms with Gasteiger partial charge in [0.2, 0.25) is 0 Å². The number of hydrogen-bond donors (Lipinski definition) is 2. The summed E-state index contributed by atoms with van der Waals surface area (Å²) >= 11 is 0. The van der Waals surface area contributed by atoms with Crippen molar-refractivity contribution < 1.29 is 0 Å². The van der Waals surface area contributed by atoms with Crippen LogP contribution < -0.4 is 11.5 Å². The summed E-state index contributed by atoms with van der Waals surface area (Å²) < 4.78 is 0. The van der Waals surface area contributed by atoms with Gasteiger partial charge < -0.3 is 11.5 Å². The Balaban J connectivity index is 3.04. The Kier molecular flexibility index (Phi) is 7.65. The molecule has 4 N–H and O–H groups in total. The molecular formula is C6H14N4. The van der Waals surface area contributed by atoms with Gasteiger partial charge in [0.05, 0.1) is 13.1 Å². The zero-order valence-electron chi connectivity index (χ0n) is 6.03. The maximum Gasteiger partial charge on any atom is 0.0581 e. The molecule has 10 heavy (non-hydrogen) atoms. The zero-order chi connectivity index (χ0) is 7.66. The third-order valence-electron chi connectivity index (χ3n) is 0.827. The summed E-state index contributed by atoms with van der Waals surface area (Å²) in [7, 11) is 0. The lowest BCUT2D eigenvalue weighted by Gasteiger charge is -1.86. The fourth-order valence-corrected chi connectivity index (χ4v) is 0.447. The van der Waals surface area contributed by atoms with Gasteiger partial charge in [-0.2, -0.15) is 0 Å². The molecular weight excluding hydrogens is 128 g/mol. The van der Waals surface area contributed by atoms with E-state index in [0.29, 0.717) is 26.2 Å². The van der Waals surface area contributed by atoms with Gasteiger partial charge in [-0.05, 0) is 0 Å². The van der Waals surface area contributed by atoms with E-state index in [9.17, 15) is 0 Å². The first-order valence-electron chi connectivity index (χ1n) is 3.28. The first-order valence-corrected chi connectivity index (χ1v) is 3.28. The summed E-state index contributed by atoms with van der Waals surface area (Å²) in [5, 5.41) is 0. The molecule has 0 spiro atoms. The summed E-state index contributed by atoms with van der Waals surface area (Å²) in [6, 6.07) is 0. The number of rotatable bonds is 5. The molecule has 0 saturated carbocycles. The third kappa shape index (κ3) is 7.26. The SMILES string of the molecule is NCC=NCCN=CCN. The molecule has 0 aliphatic rings. The second kappa shape index (κ2) is 8.26. The molecule has 0 aromatic heterocycles. The molecule has 0 aliphatic carbocycles. The van der Waals surface area contributed by atoms with Crippen LogP contribution in [0.25, 0.3) is 0 Å². The topological polar surface area (TPSA) is 76.8 Å². The number of nitrogens with two attached hydrogens (primary N) is 2. The minimum Gasteiger partial charge on any atom is -0.326 e. The minimum atomic E-state index is 0.501. The Morgan fingerprint density at radius 2 is 1.30 bits per heavy atom. The summed E-state index contributed by atoms with van der Waals surface area (Å²) in [5.41, 5.74) is 10.3. The van der Waals surface area contributed by atoms with E-state index in [1.54, 1.807) is 12.4 Å². The van der Waals surface area contributed by atoms with E-state index in [1.807, 2.05) is 0 Å². The number of hydrogen-bond acceptors (Lipinski definition) is 4. The lowest BCUT2D eigenvalue weighted by molar-refractivity contribution is 0.977. The maximum atomic E-state index is 5.16. The van der Waals surface area contributed by atoms with Gasteiger partial charge in [0, 0.05) is 25.5 Å². The van der Waals surface area contributed by atoms with E-state index in [-0.39, 0.29) is 0 Å². The minimum absolute atomic E-state index is 0.501. The van der Waals surface area contributed by atoms with E-state index in [4.69, 9.17) is 11.5 Å². The number of nitrogens with zero attached hydrogens (tertiary/aromatic N) is 2. The largest absolute Gasteiger partial charge is 0.326 e. The van der Waals surface area contributed by atoms with E-state index in [1.165, 1.54) is 0 Å². The van der Waals surface area contributed by atoms with Gasteiger partial charge in [-0.25, -0.2) is 0 Å². The van der Waals surface area contributed by atoms with Crippen molar-refractivity contribution >= 4 is 12.4 Å². The lowest BCUT2D eigenvalue weighted by atomic mass is 10.6. The van der Waals surface area contributed by atoms with Gasteiger partial charge in [-0.15, -0.1) is 0 Å². The highest BCUT2D eigenvalue weighted by molar-refractivity contribution is 5.60. The predicted molar refractivity (Wildman–Crippen MR) is 44.8 cm³/mol. The Hall–Kier alpha value is -0.740. The molecule has 0 radical (unpaired) electrons. The molecule has 0 aromatic carbocycles. The Morgan fingerprint density at radius 1 is 0.900 bits per heavy atom. The molecule has 0 atom stereocenters. The maximum absolute atomic E-state index is 5.16. The van der Waals surface area contributed by atoms with Gasteiger partial charge in [0.1, 0.15) is 0 Å². The van der Waals surface area contributed by atoms with Crippen molar-refractivity contribution in [3.8, 4) is 0 Å². The standard InChI is InChI=1S/C6H14N4/c7-1-3-9-5-6-10-4-2-8/h3-4H,1-2,5-8H2. The molecule has 4 heteroatoms. The Bertz CT molecular complexity index is 94.3. The molecule has 0 amide bonds. The molecule has 0 bridgehead atoms. The van der Waals surface area contributed by atoms with Gasteiger partial charge in [0.15, 0.2) is 0 Å². The first-order chi connectivity index (χ1) is 4.91. The second-order valence-corrected chi connectivity index (χ2v) is 1.65. The van der Waals surface area contributed by atoms with Gasteiger partial charge >= 0.3 is 0 Å². The highest BCUT2D eigenvalue weighted by Gasteiger charge is 1.74. The van der Waals surface area contributed by atoms with Crippen molar-refractivity contribution in [2.75, 3.05) is 26.2 Å². The van der Waals surface area contributed by atoms with Crippen molar-refractivity contribution in [3.63, 3.8) is 0 Å².